The van der Waals surface area contributed by atoms with E-state index in [1.54, 1.807) is 0 Å². The van der Waals surface area contributed by atoms with E-state index in [0.29, 0.717) is 25.7 Å². The Bertz CT molecular complexity index is 961. The maximum atomic E-state index is 12.4. The predicted octanol–water partition coefficient (Wildman–Crippen LogP) is 2.87. The van der Waals surface area contributed by atoms with Crippen LogP contribution in [0.2, 0.25) is 0 Å². The van der Waals surface area contributed by atoms with E-state index in [9.17, 15) is 4.79 Å². The molecule has 144 valence electrons. The summed E-state index contributed by atoms with van der Waals surface area (Å²) in [5, 5.41) is 0. The van der Waals surface area contributed by atoms with Gasteiger partial charge in [-0.1, -0.05) is 30.3 Å². The van der Waals surface area contributed by atoms with Gasteiger partial charge in [0.1, 0.15) is 12.2 Å². The maximum Gasteiger partial charge on any atom is 0.295 e. The van der Waals surface area contributed by atoms with E-state index in [1.807, 2.05) is 37.3 Å². The zero-order valence-corrected chi connectivity index (χ0v) is 16.0. The number of carbonyl (C=O) groups is 1. The summed E-state index contributed by atoms with van der Waals surface area (Å²) < 4.78 is 12.2. The van der Waals surface area contributed by atoms with Crippen molar-refractivity contribution in [3.8, 4) is 0 Å². The Hall–Kier alpha value is -2.73. The van der Waals surface area contributed by atoms with Gasteiger partial charge in [0, 0.05) is 24.3 Å². The molecule has 28 heavy (non-hydrogen) atoms. The lowest BCUT2D eigenvalue weighted by Crippen LogP contribution is -2.46. The second-order valence-electron chi connectivity index (χ2n) is 7.75. The number of ether oxygens (including phenoxy) is 2. The minimum atomic E-state index is -0.323. The second kappa shape index (κ2) is 6.71. The van der Waals surface area contributed by atoms with Gasteiger partial charge in [0.2, 0.25) is 0 Å². The number of nitrogens with zero attached hydrogens (tertiary/aromatic N) is 3. The van der Waals surface area contributed by atoms with Crippen molar-refractivity contribution in [1.82, 2.24) is 9.88 Å². The van der Waals surface area contributed by atoms with Gasteiger partial charge in [-0.3, -0.25) is 9.78 Å². The maximum absolute atomic E-state index is 12.4. The molecule has 3 aliphatic heterocycles. The summed E-state index contributed by atoms with van der Waals surface area (Å²) in [4.78, 5) is 23.5. The molecule has 0 N–H and O–H groups in total. The number of amidine groups is 1. The highest BCUT2D eigenvalue weighted by atomic mass is 16.5. The molecule has 0 aliphatic carbocycles. The van der Waals surface area contributed by atoms with Crippen LogP contribution in [0.15, 0.2) is 41.4 Å². The smallest absolute Gasteiger partial charge is 0.295 e. The van der Waals surface area contributed by atoms with Crippen LogP contribution in [0.1, 0.15) is 40.9 Å². The summed E-state index contributed by atoms with van der Waals surface area (Å²) in [6, 6.07) is 12.5. The van der Waals surface area contributed by atoms with Crippen LogP contribution in [0.5, 0.6) is 0 Å². The molecule has 3 aliphatic rings. The molecule has 1 aromatic heterocycles. The van der Waals surface area contributed by atoms with E-state index in [4.69, 9.17) is 14.5 Å². The Kier molecular flexibility index (Phi) is 4.16. The first-order valence-corrected chi connectivity index (χ1v) is 9.80. The molecule has 0 unspecified atom stereocenters. The fourth-order valence-electron chi connectivity index (χ4n) is 4.34. The largest absolute Gasteiger partial charge is 0.460 e. The van der Waals surface area contributed by atoms with Gasteiger partial charge in [0.05, 0.1) is 18.7 Å². The molecule has 1 amide bonds. The van der Waals surface area contributed by atoms with Crippen molar-refractivity contribution < 1.29 is 14.3 Å². The average molecular weight is 377 g/mol. The first kappa shape index (κ1) is 17.4. The molecule has 1 aromatic carbocycles. The molecule has 1 fully saturated rings. The van der Waals surface area contributed by atoms with E-state index in [2.05, 4.69) is 16.0 Å². The van der Waals surface area contributed by atoms with Crippen molar-refractivity contribution in [3.63, 3.8) is 0 Å². The summed E-state index contributed by atoms with van der Waals surface area (Å²) in [6.07, 6.45) is 1.94. The molecular formula is C22H23N3O3. The van der Waals surface area contributed by atoms with Gasteiger partial charge in [-0.05, 0) is 37.0 Å². The predicted molar refractivity (Wildman–Crippen MR) is 104 cm³/mol. The molecule has 6 heteroatoms. The molecule has 5 rings (SSSR count). The van der Waals surface area contributed by atoms with Gasteiger partial charge in [-0.25, -0.2) is 0 Å². The normalized spacial score (nSPS) is 22.5. The number of benzene rings is 1. The van der Waals surface area contributed by atoms with E-state index in [1.165, 1.54) is 5.56 Å². The van der Waals surface area contributed by atoms with Crippen LogP contribution in [0.25, 0.3) is 0 Å². The van der Waals surface area contributed by atoms with Crippen molar-refractivity contribution in [3.05, 3.63) is 64.5 Å². The lowest BCUT2D eigenvalue weighted by molar-refractivity contribution is -0.117. The van der Waals surface area contributed by atoms with Crippen molar-refractivity contribution >= 4 is 11.9 Å². The van der Waals surface area contributed by atoms with E-state index < -0.39 is 0 Å². The summed E-state index contributed by atoms with van der Waals surface area (Å²) in [7, 11) is 0. The summed E-state index contributed by atoms with van der Waals surface area (Å²) in [5.74, 6) is -0.165. The number of amides is 1. The molecule has 0 bridgehead atoms. The number of aromatic nitrogens is 1. The standard InChI is InChI=1S/C22H23N3O3/c1-15-6-7-18-14-28-22(20(18)23-15)8-10-25(11-9-22)21-24-19(26)12-16-4-2-3-5-17(16)13-27-21/h2-7H,8-14H2,1H3/b24-21-. The van der Waals surface area contributed by atoms with Crippen LogP contribution in [-0.2, 0) is 39.5 Å². The molecule has 0 atom stereocenters. The van der Waals surface area contributed by atoms with Gasteiger partial charge in [-0.2, -0.15) is 4.99 Å². The molecule has 0 saturated carbocycles. The highest BCUT2D eigenvalue weighted by molar-refractivity contribution is 5.92. The zero-order chi connectivity index (χ0) is 19.1. The zero-order valence-electron chi connectivity index (χ0n) is 16.0. The number of pyridine rings is 1. The topological polar surface area (TPSA) is 64.0 Å². The third-order valence-corrected chi connectivity index (χ3v) is 5.93. The first-order valence-electron chi connectivity index (χ1n) is 9.80. The summed E-state index contributed by atoms with van der Waals surface area (Å²) in [6.45, 7) is 4.52. The van der Waals surface area contributed by atoms with Gasteiger partial charge in [0.15, 0.2) is 0 Å². The molecule has 6 nitrogen and oxygen atoms in total. The Morgan fingerprint density at radius 1 is 1.00 bits per heavy atom. The van der Waals surface area contributed by atoms with Gasteiger partial charge in [-0.15, -0.1) is 0 Å². The molecule has 1 spiro atoms. The molecular weight excluding hydrogens is 354 g/mol. The van der Waals surface area contributed by atoms with Crippen LogP contribution in [0.3, 0.4) is 0 Å². The number of hydrogen-bond acceptors (Lipinski definition) is 5. The van der Waals surface area contributed by atoms with Crippen molar-refractivity contribution in [2.24, 2.45) is 4.99 Å². The Morgan fingerprint density at radius 2 is 1.79 bits per heavy atom. The average Bonchev–Trinajstić information content (AvgIpc) is 3.03. The fourth-order valence-corrected chi connectivity index (χ4v) is 4.34. The first-order chi connectivity index (χ1) is 13.6. The van der Waals surface area contributed by atoms with Crippen molar-refractivity contribution in [2.75, 3.05) is 13.1 Å². The Balaban J connectivity index is 1.33. The fraction of sp³-hybridized carbons (Fsp3) is 0.409. The van der Waals surface area contributed by atoms with E-state index >= 15 is 0 Å². The van der Waals surface area contributed by atoms with E-state index in [-0.39, 0.29) is 11.5 Å². The molecule has 1 saturated heterocycles. The molecule has 2 aromatic rings. The monoisotopic (exact) mass is 377 g/mol. The number of rotatable bonds is 0. The van der Waals surface area contributed by atoms with Gasteiger partial charge >= 0.3 is 0 Å². The minimum Gasteiger partial charge on any atom is -0.460 e. The summed E-state index contributed by atoms with van der Waals surface area (Å²) in [5.41, 5.74) is 5.00. The van der Waals surface area contributed by atoms with Crippen LogP contribution in [-0.4, -0.2) is 34.9 Å². The van der Waals surface area contributed by atoms with Crippen LogP contribution in [0, 0.1) is 6.92 Å². The summed E-state index contributed by atoms with van der Waals surface area (Å²) >= 11 is 0. The number of piperidine rings is 1. The number of fused-ring (bicyclic) bond motifs is 3. The third-order valence-electron chi connectivity index (χ3n) is 5.93. The van der Waals surface area contributed by atoms with Crippen molar-refractivity contribution in [2.45, 2.75) is 45.0 Å². The number of carbonyl (C=O) groups excluding carboxylic acids is 1. The quantitative estimate of drug-likeness (QED) is 0.706. The lowest BCUT2D eigenvalue weighted by atomic mass is 9.87. The highest BCUT2D eigenvalue weighted by Crippen LogP contribution is 2.43. The minimum absolute atomic E-state index is 0.165. The number of aliphatic imine (C=N–C) groups is 1. The molecule has 4 heterocycles. The number of likely N-dealkylation sites (tertiary alicyclic amines) is 1. The number of aryl methyl sites for hydroxylation is 1. The van der Waals surface area contributed by atoms with Crippen molar-refractivity contribution in [1.29, 1.82) is 0 Å². The SMILES string of the molecule is Cc1ccc2c(n1)C1(CCN(/C3=N/C(=O)Cc4ccccc4CO3)CC1)OC2. The lowest BCUT2D eigenvalue weighted by Gasteiger charge is -2.39. The third kappa shape index (κ3) is 2.98. The van der Waals surface area contributed by atoms with Gasteiger partial charge in [0.25, 0.3) is 11.9 Å². The Morgan fingerprint density at radius 3 is 2.61 bits per heavy atom. The van der Waals surface area contributed by atoms with Crippen LogP contribution >= 0.6 is 0 Å². The second-order valence-corrected chi connectivity index (χ2v) is 7.75. The van der Waals surface area contributed by atoms with Crippen LogP contribution < -0.4 is 0 Å². The van der Waals surface area contributed by atoms with E-state index in [0.717, 1.165) is 48.4 Å². The highest BCUT2D eigenvalue weighted by Gasteiger charge is 2.44. The van der Waals surface area contributed by atoms with Crippen LogP contribution in [0.4, 0.5) is 0 Å². The molecule has 0 radical (unpaired) electrons. The van der Waals surface area contributed by atoms with Gasteiger partial charge < -0.3 is 14.4 Å². The number of hydrogen-bond donors (Lipinski definition) is 0. The Labute approximate surface area is 164 Å².